The number of hydrogen-bond acceptors (Lipinski definition) is 5. The van der Waals surface area contributed by atoms with E-state index in [9.17, 15) is 4.79 Å². The van der Waals surface area contributed by atoms with Gasteiger partial charge in [-0.1, -0.05) is 5.21 Å². The smallest absolute Gasteiger partial charge is 0.233 e. The maximum absolute atomic E-state index is 12.0. The van der Waals surface area contributed by atoms with Crippen molar-refractivity contribution >= 4 is 17.7 Å². The fourth-order valence-electron chi connectivity index (χ4n) is 1.91. The largest absolute Gasteiger partial charge is 0.338 e. The molecule has 19 heavy (non-hydrogen) atoms. The van der Waals surface area contributed by atoms with Gasteiger partial charge in [-0.05, 0) is 12.1 Å². The summed E-state index contributed by atoms with van der Waals surface area (Å²) < 4.78 is 1.81. The zero-order chi connectivity index (χ0) is 13.1. The van der Waals surface area contributed by atoms with Crippen LogP contribution in [-0.2, 0) is 4.79 Å². The second kappa shape index (κ2) is 5.40. The van der Waals surface area contributed by atoms with Crippen LogP contribution in [0, 0.1) is 0 Å². The molecule has 7 heteroatoms. The molecule has 0 bridgehead atoms. The molecule has 2 aromatic rings. The maximum Gasteiger partial charge on any atom is 0.233 e. The average Bonchev–Trinajstić information content (AvgIpc) is 2.90. The zero-order valence-corrected chi connectivity index (χ0v) is 11.0. The fraction of sp³-hybridized carbons (Fsp3) is 0.333. The Morgan fingerprint density at radius 1 is 1.32 bits per heavy atom. The molecule has 6 nitrogen and oxygen atoms in total. The molecule has 0 spiro atoms. The van der Waals surface area contributed by atoms with E-state index in [1.807, 2.05) is 23.2 Å². The monoisotopic (exact) mass is 275 g/mol. The van der Waals surface area contributed by atoms with Crippen LogP contribution in [0.3, 0.4) is 0 Å². The summed E-state index contributed by atoms with van der Waals surface area (Å²) in [5.74, 6) is 0.631. The van der Waals surface area contributed by atoms with Gasteiger partial charge in [0.15, 0.2) is 0 Å². The molecular formula is C12H13N5OS. The Kier molecular flexibility index (Phi) is 3.45. The van der Waals surface area contributed by atoms with Gasteiger partial charge in [0, 0.05) is 36.6 Å². The Bertz CT molecular complexity index is 539. The van der Waals surface area contributed by atoms with Crippen LogP contribution >= 0.6 is 11.8 Å². The van der Waals surface area contributed by atoms with E-state index < -0.39 is 0 Å². The highest BCUT2D eigenvalue weighted by molar-refractivity contribution is 8.00. The highest BCUT2D eigenvalue weighted by atomic mass is 32.2. The van der Waals surface area contributed by atoms with Crippen molar-refractivity contribution in [1.82, 2.24) is 24.9 Å². The lowest BCUT2D eigenvalue weighted by atomic mass is 10.1. The molecule has 1 saturated heterocycles. The van der Waals surface area contributed by atoms with Crippen molar-refractivity contribution in [2.24, 2.45) is 0 Å². The molecule has 0 unspecified atom stereocenters. The SMILES string of the molecule is O=C(CSc1ccncc1)N1CC(n2ccnn2)C1. The van der Waals surface area contributed by atoms with E-state index in [2.05, 4.69) is 15.3 Å². The third-order valence-electron chi connectivity index (χ3n) is 3.04. The predicted octanol–water partition coefficient (Wildman–Crippen LogP) is 0.849. The van der Waals surface area contributed by atoms with Crippen LogP contribution < -0.4 is 0 Å². The van der Waals surface area contributed by atoms with Crippen LogP contribution in [0.15, 0.2) is 41.8 Å². The zero-order valence-electron chi connectivity index (χ0n) is 10.2. The first kappa shape index (κ1) is 12.2. The van der Waals surface area contributed by atoms with Crippen LogP contribution in [0.4, 0.5) is 0 Å². The maximum atomic E-state index is 12.0. The summed E-state index contributed by atoms with van der Waals surface area (Å²) in [4.78, 5) is 18.8. The number of pyridine rings is 1. The summed E-state index contributed by atoms with van der Waals surface area (Å²) in [7, 11) is 0. The molecule has 0 N–H and O–H groups in total. The van der Waals surface area contributed by atoms with E-state index in [1.165, 1.54) is 11.8 Å². The molecule has 2 aromatic heterocycles. The summed E-state index contributed by atoms with van der Waals surface area (Å²) in [5, 5.41) is 7.71. The van der Waals surface area contributed by atoms with Crippen LogP contribution in [0.25, 0.3) is 0 Å². The highest BCUT2D eigenvalue weighted by Gasteiger charge is 2.32. The molecule has 1 fully saturated rings. The normalized spacial score (nSPS) is 15.3. The van der Waals surface area contributed by atoms with E-state index in [-0.39, 0.29) is 11.9 Å². The molecule has 98 valence electrons. The minimum atomic E-state index is 0.165. The number of hydrogen-bond donors (Lipinski definition) is 0. The van der Waals surface area contributed by atoms with Gasteiger partial charge in [0.25, 0.3) is 0 Å². The molecule has 0 radical (unpaired) electrons. The van der Waals surface area contributed by atoms with E-state index in [1.54, 1.807) is 23.3 Å². The molecule has 0 saturated carbocycles. The number of thioether (sulfide) groups is 1. The number of carbonyl (C=O) groups excluding carboxylic acids is 1. The number of nitrogens with zero attached hydrogens (tertiary/aromatic N) is 5. The summed E-state index contributed by atoms with van der Waals surface area (Å²) in [6, 6.07) is 4.09. The molecule has 0 aliphatic carbocycles. The first-order chi connectivity index (χ1) is 9.33. The summed E-state index contributed by atoms with van der Waals surface area (Å²) in [6.45, 7) is 1.44. The highest BCUT2D eigenvalue weighted by Crippen LogP contribution is 2.23. The molecule has 1 aliphatic rings. The van der Waals surface area contributed by atoms with Crippen molar-refractivity contribution in [2.75, 3.05) is 18.8 Å². The standard InChI is InChI=1S/C12H13N5OS/c18-12(9-19-11-1-3-13-4-2-11)16-7-10(8-16)17-6-5-14-15-17/h1-6,10H,7-9H2. The summed E-state index contributed by atoms with van der Waals surface area (Å²) in [6.07, 6.45) is 6.95. The van der Waals surface area contributed by atoms with Crippen molar-refractivity contribution in [2.45, 2.75) is 10.9 Å². The third kappa shape index (κ3) is 2.76. The van der Waals surface area contributed by atoms with E-state index >= 15 is 0 Å². The molecule has 3 heterocycles. The van der Waals surface area contributed by atoms with Crippen molar-refractivity contribution in [3.05, 3.63) is 36.9 Å². The molecular weight excluding hydrogens is 262 g/mol. The van der Waals surface area contributed by atoms with E-state index in [4.69, 9.17) is 0 Å². The minimum absolute atomic E-state index is 0.165. The van der Waals surface area contributed by atoms with Crippen LogP contribution in [0.2, 0.25) is 0 Å². The topological polar surface area (TPSA) is 63.9 Å². The summed E-state index contributed by atoms with van der Waals surface area (Å²) in [5.41, 5.74) is 0. The van der Waals surface area contributed by atoms with Gasteiger partial charge in [0.1, 0.15) is 0 Å². The molecule has 3 rings (SSSR count). The molecule has 0 aromatic carbocycles. The average molecular weight is 275 g/mol. The Balaban J connectivity index is 1.46. The van der Waals surface area contributed by atoms with Gasteiger partial charge in [-0.3, -0.25) is 9.78 Å². The lowest BCUT2D eigenvalue weighted by Gasteiger charge is -2.38. The van der Waals surface area contributed by atoms with Crippen LogP contribution in [-0.4, -0.2) is 49.6 Å². The van der Waals surface area contributed by atoms with Gasteiger partial charge < -0.3 is 4.90 Å². The van der Waals surface area contributed by atoms with Gasteiger partial charge >= 0.3 is 0 Å². The van der Waals surface area contributed by atoms with Crippen LogP contribution in [0.1, 0.15) is 6.04 Å². The quantitative estimate of drug-likeness (QED) is 0.774. The Hall–Kier alpha value is -1.89. The Labute approximate surface area is 114 Å². The van der Waals surface area contributed by atoms with Gasteiger partial charge in [-0.2, -0.15) is 0 Å². The first-order valence-corrected chi connectivity index (χ1v) is 6.98. The number of likely N-dealkylation sites (tertiary alicyclic amines) is 1. The summed E-state index contributed by atoms with van der Waals surface area (Å²) >= 11 is 1.54. The van der Waals surface area contributed by atoms with Crippen molar-refractivity contribution in [3.63, 3.8) is 0 Å². The third-order valence-corrected chi connectivity index (χ3v) is 4.04. The van der Waals surface area contributed by atoms with Gasteiger partial charge in [0.05, 0.1) is 18.0 Å². The molecule has 0 atom stereocenters. The number of carbonyl (C=O) groups is 1. The molecule has 1 aliphatic heterocycles. The van der Waals surface area contributed by atoms with Gasteiger partial charge in [0.2, 0.25) is 5.91 Å². The lowest BCUT2D eigenvalue weighted by molar-refractivity contribution is -0.134. The van der Waals surface area contributed by atoms with E-state index in [0.717, 1.165) is 18.0 Å². The lowest BCUT2D eigenvalue weighted by Crippen LogP contribution is -2.51. The Morgan fingerprint density at radius 2 is 2.11 bits per heavy atom. The number of aromatic nitrogens is 4. The number of amides is 1. The second-order valence-corrected chi connectivity index (χ2v) is 5.36. The predicted molar refractivity (Wildman–Crippen MR) is 70.6 cm³/mol. The van der Waals surface area contributed by atoms with Gasteiger partial charge in [-0.15, -0.1) is 16.9 Å². The number of rotatable bonds is 4. The van der Waals surface area contributed by atoms with Crippen molar-refractivity contribution < 1.29 is 4.79 Å². The van der Waals surface area contributed by atoms with Crippen molar-refractivity contribution in [1.29, 1.82) is 0 Å². The molecule has 1 amide bonds. The van der Waals surface area contributed by atoms with E-state index in [0.29, 0.717) is 5.75 Å². The second-order valence-electron chi connectivity index (χ2n) is 4.31. The fourth-order valence-corrected chi connectivity index (χ4v) is 2.70. The minimum Gasteiger partial charge on any atom is -0.338 e. The van der Waals surface area contributed by atoms with Crippen LogP contribution in [0.5, 0.6) is 0 Å². The first-order valence-electron chi connectivity index (χ1n) is 5.99. The van der Waals surface area contributed by atoms with Crippen molar-refractivity contribution in [3.8, 4) is 0 Å². The Morgan fingerprint density at radius 3 is 2.79 bits per heavy atom. The van der Waals surface area contributed by atoms with Gasteiger partial charge in [-0.25, -0.2) is 4.68 Å².